The summed E-state index contributed by atoms with van der Waals surface area (Å²) in [5.74, 6) is -0.776. The fourth-order valence-electron chi connectivity index (χ4n) is 1.40. The third kappa shape index (κ3) is 4.24. The van der Waals surface area contributed by atoms with Crippen LogP contribution in [-0.2, 0) is 4.79 Å². The number of hydrogen-bond acceptors (Lipinski definition) is 3. The molecule has 0 aromatic rings. The van der Waals surface area contributed by atoms with E-state index in [1.54, 1.807) is 0 Å². The molecule has 78 valence electrons. The van der Waals surface area contributed by atoms with Crippen molar-refractivity contribution >= 4 is 5.97 Å². The number of aliphatic hydroxyl groups is 1. The van der Waals surface area contributed by atoms with Crippen LogP contribution < -0.4 is 0 Å². The van der Waals surface area contributed by atoms with Crippen LogP contribution in [-0.4, -0.2) is 46.8 Å². The number of likely N-dealkylation sites (N-methyl/N-ethyl adjacent to an activating group) is 1. The van der Waals surface area contributed by atoms with Crippen molar-refractivity contribution in [3.63, 3.8) is 0 Å². The molecule has 0 saturated heterocycles. The number of hydrogen-bond donors (Lipinski definition) is 2. The van der Waals surface area contributed by atoms with Gasteiger partial charge in [-0.15, -0.1) is 0 Å². The molecule has 4 nitrogen and oxygen atoms in total. The molecule has 0 aliphatic heterocycles. The summed E-state index contributed by atoms with van der Waals surface area (Å²) in [5.41, 5.74) is 0. The van der Waals surface area contributed by atoms with Crippen molar-refractivity contribution in [2.24, 2.45) is 0 Å². The number of aliphatic carboxylic acids is 1. The van der Waals surface area contributed by atoms with Gasteiger partial charge in [0.05, 0.1) is 0 Å². The first-order valence-electron chi connectivity index (χ1n) is 4.75. The van der Waals surface area contributed by atoms with Gasteiger partial charge in [0.1, 0.15) is 6.04 Å². The predicted octanol–water partition coefficient (Wildman–Crippen LogP) is 0.554. The lowest BCUT2D eigenvalue weighted by Gasteiger charge is -2.26. The fourth-order valence-corrected chi connectivity index (χ4v) is 1.40. The molecule has 0 radical (unpaired) electrons. The molecule has 0 heterocycles. The van der Waals surface area contributed by atoms with Crippen molar-refractivity contribution in [3.05, 3.63) is 0 Å². The Morgan fingerprint density at radius 3 is 2.38 bits per heavy atom. The first-order valence-corrected chi connectivity index (χ1v) is 4.75. The molecule has 1 unspecified atom stereocenters. The van der Waals surface area contributed by atoms with E-state index in [1.807, 2.05) is 18.7 Å². The van der Waals surface area contributed by atoms with Crippen LogP contribution in [0.5, 0.6) is 0 Å². The number of carboxylic acid groups (broad SMARTS) is 1. The van der Waals surface area contributed by atoms with Gasteiger partial charge in [-0.1, -0.05) is 13.8 Å². The minimum atomic E-state index is -0.776. The number of carbonyl (C=O) groups is 1. The molecule has 0 fully saturated rings. The summed E-state index contributed by atoms with van der Waals surface area (Å²) < 4.78 is 0. The standard InChI is InChI=1S/C9H19NO3/c1-3-8(9(12)13)10(4-2)6-5-7-11/h8,11H,3-7H2,1-2H3,(H,12,13). The third-order valence-corrected chi connectivity index (χ3v) is 2.12. The monoisotopic (exact) mass is 189 g/mol. The van der Waals surface area contributed by atoms with Gasteiger partial charge in [0, 0.05) is 13.2 Å². The average molecular weight is 189 g/mol. The summed E-state index contributed by atoms with van der Waals surface area (Å²) in [6.07, 6.45) is 1.24. The highest BCUT2D eigenvalue weighted by molar-refractivity contribution is 5.73. The Morgan fingerprint density at radius 2 is 2.08 bits per heavy atom. The number of nitrogens with zero attached hydrogens (tertiary/aromatic N) is 1. The zero-order valence-electron chi connectivity index (χ0n) is 8.36. The molecule has 0 aliphatic rings. The molecule has 0 saturated carbocycles. The van der Waals surface area contributed by atoms with Crippen molar-refractivity contribution in [3.8, 4) is 0 Å². The Bertz CT molecular complexity index is 150. The highest BCUT2D eigenvalue weighted by Crippen LogP contribution is 2.04. The number of rotatable bonds is 7. The van der Waals surface area contributed by atoms with E-state index in [0.29, 0.717) is 25.9 Å². The molecule has 13 heavy (non-hydrogen) atoms. The summed E-state index contributed by atoms with van der Waals surface area (Å²) in [7, 11) is 0. The first-order chi connectivity index (χ1) is 6.17. The van der Waals surface area contributed by atoms with Gasteiger partial charge >= 0.3 is 5.97 Å². The molecule has 1 atom stereocenters. The molecule has 0 aliphatic carbocycles. The Balaban J connectivity index is 4.08. The van der Waals surface area contributed by atoms with E-state index in [0.717, 1.165) is 0 Å². The number of carboxylic acids is 1. The van der Waals surface area contributed by atoms with Crippen LogP contribution in [0.1, 0.15) is 26.7 Å². The summed E-state index contributed by atoms with van der Waals surface area (Å²) in [4.78, 5) is 12.7. The molecule has 4 heteroatoms. The second-order valence-corrected chi connectivity index (χ2v) is 2.97. The molecule has 0 spiro atoms. The largest absolute Gasteiger partial charge is 0.480 e. The normalized spacial score (nSPS) is 13.2. The van der Waals surface area contributed by atoms with Crippen LogP contribution in [0.2, 0.25) is 0 Å². The topological polar surface area (TPSA) is 60.8 Å². The fraction of sp³-hybridized carbons (Fsp3) is 0.889. The van der Waals surface area contributed by atoms with Gasteiger partial charge in [-0.25, -0.2) is 0 Å². The smallest absolute Gasteiger partial charge is 0.320 e. The molecule has 0 bridgehead atoms. The summed E-state index contributed by atoms with van der Waals surface area (Å²) in [6, 6.07) is -0.406. The quantitative estimate of drug-likeness (QED) is 0.614. The van der Waals surface area contributed by atoms with Gasteiger partial charge in [-0.05, 0) is 19.4 Å². The van der Waals surface area contributed by atoms with Gasteiger partial charge in [0.2, 0.25) is 0 Å². The molecule has 2 N–H and O–H groups in total. The van der Waals surface area contributed by atoms with Crippen molar-refractivity contribution in [1.29, 1.82) is 0 Å². The predicted molar refractivity (Wildman–Crippen MR) is 50.7 cm³/mol. The second kappa shape index (κ2) is 6.86. The maximum atomic E-state index is 10.8. The third-order valence-electron chi connectivity index (χ3n) is 2.12. The van der Waals surface area contributed by atoms with Crippen LogP contribution in [0, 0.1) is 0 Å². The highest BCUT2D eigenvalue weighted by Gasteiger charge is 2.21. The van der Waals surface area contributed by atoms with E-state index in [9.17, 15) is 4.79 Å². The Labute approximate surface area is 79.2 Å². The van der Waals surface area contributed by atoms with Crippen molar-refractivity contribution < 1.29 is 15.0 Å². The molecule has 0 aromatic heterocycles. The SMILES string of the molecule is CCC(C(=O)O)N(CC)CCCO. The Kier molecular flexibility index (Phi) is 6.54. The van der Waals surface area contributed by atoms with E-state index < -0.39 is 12.0 Å². The molecule has 0 aromatic carbocycles. The highest BCUT2D eigenvalue weighted by atomic mass is 16.4. The minimum absolute atomic E-state index is 0.118. The Morgan fingerprint density at radius 1 is 1.46 bits per heavy atom. The molecule has 0 rings (SSSR count). The minimum Gasteiger partial charge on any atom is -0.480 e. The van der Waals surface area contributed by atoms with Gasteiger partial charge in [-0.2, -0.15) is 0 Å². The lowest BCUT2D eigenvalue weighted by Crippen LogP contribution is -2.41. The summed E-state index contributed by atoms with van der Waals surface area (Å²) in [6.45, 7) is 5.28. The van der Waals surface area contributed by atoms with E-state index in [2.05, 4.69) is 0 Å². The zero-order valence-corrected chi connectivity index (χ0v) is 8.36. The van der Waals surface area contributed by atoms with Crippen LogP contribution in [0.25, 0.3) is 0 Å². The van der Waals surface area contributed by atoms with E-state index in [4.69, 9.17) is 10.2 Å². The van der Waals surface area contributed by atoms with Crippen molar-refractivity contribution in [1.82, 2.24) is 4.90 Å². The first kappa shape index (κ1) is 12.4. The van der Waals surface area contributed by atoms with Gasteiger partial charge in [0.15, 0.2) is 0 Å². The summed E-state index contributed by atoms with van der Waals surface area (Å²) in [5, 5.41) is 17.5. The number of aliphatic hydroxyl groups excluding tert-OH is 1. The zero-order chi connectivity index (χ0) is 10.3. The molecule has 0 amide bonds. The van der Waals surface area contributed by atoms with Gasteiger partial charge in [-0.3, -0.25) is 9.69 Å². The van der Waals surface area contributed by atoms with E-state index in [1.165, 1.54) is 0 Å². The van der Waals surface area contributed by atoms with Gasteiger partial charge in [0.25, 0.3) is 0 Å². The van der Waals surface area contributed by atoms with Gasteiger partial charge < -0.3 is 10.2 Å². The van der Waals surface area contributed by atoms with Crippen LogP contribution >= 0.6 is 0 Å². The summed E-state index contributed by atoms with van der Waals surface area (Å²) >= 11 is 0. The Hall–Kier alpha value is -0.610. The lowest BCUT2D eigenvalue weighted by atomic mass is 10.2. The lowest BCUT2D eigenvalue weighted by molar-refractivity contribution is -0.143. The van der Waals surface area contributed by atoms with Crippen LogP contribution in [0.4, 0.5) is 0 Å². The maximum absolute atomic E-state index is 10.8. The van der Waals surface area contributed by atoms with E-state index in [-0.39, 0.29) is 6.61 Å². The van der Waals surface area contributed by atoms with Crippen molar-refractivity contribution in [2.45, 2.75) is 32.7 Å². The van der Waals surface area contributed by atoms with Crippen molar-refractivity contribution in [2.75, 3.05) is 19.7 Å². The van der Waals surface area contributed by atoms with E-state index >= 15 is 0 Å². The van der Waals surface area contributed by atoms with Crippen LogP contribution in [0.15, 0.2) is 0 Å². The average Bonchev–Trinajstić information content (AvgIpc) is 2.11. The second-order valence-electron chi connectivity index (χ2n) is 2.97. The molecular weight excluding hydrogens is 170 g/mol. The maximum Gasteiger partial charge on any atom is 0.320 e. The van der Waals surface area contributed by atoms with Crippen LogP contribution in [0.3, 0.4) is 0 Å². The molecular formula is C9H19NO3.